The first kappa shape index (κ1) is 10.0. The molecule has 0 radical (unpaired) electrons. The second-order valence-electron chi connectivity index (χ2n) is 5.05. The number of aromatic nitrogens is 2. The maximum absolute atomic E-state index is 11.6. The number of hydrogen-bond acceptors (Lipinski definition) is 4. The summed E-state index contributed by atoms with van der Waals surface area (Å²) < 4.78 is 0. The molecule has 0 bridgehead atoms. The van der Waals surface area contributed by atoms with Crippen molar-refractivity contribution in [3.63, 3.8) is 0 Å². The number of anilines is 2. The molecule has 1 aromatic rings. The van der Waals surface area contributed by atoms with Crippen molar-refractivity contribution in [3.8, 4) is 0 Å². The summed E-state index contributed by atoms with van der Waals surface area (Å²) in [5.74, 6) is 0.803. The van der Waals surface area contributed by atoms with Crippen LogP contribution in [0.4, 0.5) is 11.8 Å². The lowest BCUT2D eigenvalue weighted by molar-refractivity contribution is 0.347. The van der Waals surface area contributed by atoms with Gasteiger partial charge in [0.2, 0.25) is 5.95 Å². The quantitative estimate of drug-likeness (QED) is 0.587. The Morgan fingerprint density at radius 2 is 2.13 bits per heavy atom. The van der Waals surface area contributed by atoms with Crippen molar-refractivity contribution < 1.29 is 0 Å². The molecule has 0 saturated heterocycles. The van der Waals surface area contributed by atoms with Crippen LogP contribution in [-0.4, -0.2) is 16.0 Å². The van der Waals surface area contributed by atoms with Crippen LogP contribution >= 0.6 is 0 Å². The molecular weight excluding hydrogens is 192 g/mol. The zero-order valence-electron chi connectivity index (χ0n) is 9.22. The van der Waals surface area contributed by atoms with Crippen LogP contribution in [0.3, 0.4) is 0 Å². The molecule has 0 unspecified atom stereocenters. The van der Waals surface area contributed by atoms with E-state index in [0.29, 0.717) is 17.8 Å². The Morgan fingerprint density at radius 1 is 1.47 bits per heavy atom. The Morgan fingerprint density at radius 3 is 2.73 bits per heavy atom. The van der Waals surface area contributed by atoms with Gasteiger partial charge in [0.05, 0.1) is 5.56 Å². The van der Waals surface area contributed by atoms with Gasteiger partial charge in [0.15, 0.2) is 0 Å². The number of aromatic amines is 1. The summed E-state index contributed by atoms with van der Waals surface area (Å²) in [5.41, 5.74) is 6.16. The van der Waals surface area contributed by atoms with E-state index in [4.69, 9.17) is 5.73 Å². The van der Waals surface area contributed by atoms with E-state index in [1.54, 1.807) is 0 Å². The third-order valence-corrected chi connectivity index (χ3v) is 2.80. The van der Waals surface area contributed by atoms with Gasteiger partial charge >= 0.3 is 0 Å². The van der Waals surface area contributed by atoms with Crippen molar-refractivity contribution in [2.24, 2.45) is 5.41 Å². The molecule has 4 N–H and O–H groups in total. The SMILES string of the molecule is CC(C)(C)[C@@H]1Cc2c(nc(N)[nH]c2=O)N1. The van der Waals surface area contributed by atoms with Gasteiger partial charge in [-0.05, 0) is 5.41 Å². The largest absolute Gasteiger partial charge is 0.369 e. The molecule has 2 heterocycles. The minimum Gasteiger partial charge on any atom is -0.369 e. The Bertz CT molecular complexity index is 444. The lowest BCUT2D eigenvalue weighted by atomic mass is 9.85. The van der Waals surface area contributed by atoms with Gasteiger partial charge in [-0.25, -0.2) is 0 Å². The molecule has 5 heteroatoms. The van der Waals surface area contributed by atoms with E-state index >= 15 is 0 Å². The molecule has 0 fully saturated rings. The van der Waals surface area contributed by atoms with Crippen LogP contribution in [0, 0.1) is 5.41 Å². The number of hydrogen-bond donors (Lipinski definition) is 3. The molecular formula is C10H16N4O. The maximum atomic E-state index is 11.6. The van der Waals surface area contributed by atoms with Crippen LogP contribution in [-0.2, 0) is 6.42 Å². The van der Waals surface area contributed by atoms with Crippen LogP contribution < -0.4 is 16.6 Å². The monoisotopic (exact) mass is 208 g/mol. The smallest absolute Gasteiger partial charge is 0.257 e. The second-order valence-corrected chi connectivity index (χ2v) is 5.05. The van der Waals surface area contributed by atoms with Crippen LogP contribution in [0.5, 0.6) is 0 Å². The third-order valence-electron chi connectivity index (χ3n) is 2.80. The fraction of sp³-hybridized carbons (Fsp3) is 0.600. The normalized spacial score (nSPS) is 19.8. The highest BCUT2D eigenvalue weighted by molar-refractivity contribution is 5.52. The predicted molar refractivity (Wildman–Crippen MR) is 59.8 cm³/mol. The summed E-state index contributed by atoms with van der Waals surface area (Å²) in [4.78, 5) is 18.2. The average molecular weight is 208 g/mol. The first-order valence-electron chi connectivity index (χ1n) is 5.03. The van der Waals surface area contributed by atoms with E-state index in [1.165, 1.54) is 0 Å². The highest BCUT2D eigenvalue weighted by Gasteiger charge is 2.33. The van der Waals surface area contributed by atoms with E-state index in [1.807, 2.05) is 0 Å². The number of nitrogens with zero attached hydrogens (tertiary/aromatic N) is 1. The predicted octanol–water partition coefficient (Wildman–Crippen LogP) is 0.735. The molecule has 5 nitrogen and oxygen atoms in total. The van der Waals surface area contributed by atoms with Gasteiger partial charge in [0, 0.05) is 12.5 Å². The van der Waals surface area contributed by atoms with Crippen molar-refractivity contribution in [1.82, 2.24) is 9.97 Å². The van der Waals surface area contributed by atoms with Crippen molar-refractivity contribution in [2.45, 2.75) is 33.2 Å². The van der Waals surface area contributed by atoms with E-state index in [2.05, 4.69) is 36.1 Å². The molecule has 1 aliphatic heterocycles. The molecule has 1 atom stereocenters. The Hall–Kier alpha value is -1.52. The van der Waals surface area contributed by atoms with E-state index in [-0.39, 0.29) is 23.0 Å². The van der Waals surface area contributed by atoms with Crippen LogP contribution in [0.25, 0.3) is 0 Å². The molecule has 0 saturated carbocycles. The molecule has 1 aliphatic rings. The van der Waals surface area contributed by atoms with Gasteiger partial charge in [0.25, 0.3) is 5.56 Å². The number of nitrogens with one attached hydrogen (secondary N) is 2. The highest BCUT2D eigenvalue weighted by atomic mass is 16.1. The van der Waals surface area contributed by atoms with Gasteiger partial charge in [-0.3, -0.25) is 9.78 Å². The van der Waals surface area contributed by atoms with Crippen molar-refractivity contribution in [1.29, 1.82) is 0 Å². The zero-order chi connectivity index (χ0) is 11.2. The molecule has 1 aromatic heterocycles. The topological polar surface area (TPSA) is 83.8 Å². The van der Waals surface area contributed by atoms with Gasteiger partial charge in [-0.15, -0.1) is 0 Å². The minimum atomic E-state index is -0.128. The van der Waals surface area contributed by atoms with E-state index < -0.39 is 0 Å². The number of nitrogens with two attached hydrogens (primary N) is 1. The maximum Gasteiger partial charge on any atom is 0.257 e. The molecule has 0 spiro atoms. The molecule has 0 aromatic carbocycles. The van der Waals surface area contributed by atoms with E-state index in [9.17, 15) is 4.79 Å². The third kappa shape index (κ3) is 1.69. The highest BCUT2D eigenvalue weighted by Crippen LogP contribution is 2.31. The van der Waals surface area contributed by atoms with Crippen LogP contribution in [0.2, 0.25) is 0 Å². The van der Waals surface area contributed by atoms with E-state index in [0.717, 1.165) is 0 Å². The van der Waals surface area contributed by atoms with Crippen LogP contribution in [0.15, 0.2) is 4.79 Å². The van der Waals surface area contributed by atoms with Gasteiger partial charge in [-0.1, -0.05) is 20.8 Å². The summed E-state index contributed by atoms with van der Waals surface area (Å²) in [5, 5.41) is 3.24. The number of rotatable bonds is 0. The summed E-state index contributed by atoms with van der Waals surface area (Å²) in [6.45, 7) is 6.40. The number of fused-ring (bicyclic) bond motifs is 1. The second kappa shape index (κ2) is 2.98. The molecule has 0 aliphatic carbocycles. The van der Waals surface area contributed by atoms with Crippen LogP contribution in [0.1, 0.15) is 26.3 Å². The number of nitrogen functional groups attached to an aromatic ring is 1. The zero-order valence-corrected chi connectivity index (χ0v) is 9.22. The van der Waals surface area contributed by atoms with Gasteiger partial charge in [-0.2, -0.15) is 4.98 Å². The molecule has 82 valence electrons. The van der Waals surface area contributed by atoms with Gasteiger partial charge < -0.3 is 11.1 Å². The fourth-order valence-electron chi connectivity index (χ4n) is 1.77. The van der Waals surface area contributed by atoms with Crippen molar-refractivity contribution >= 4 is 11.8 Å². The molecule has 15 heavy (non-hydrogen) atoms. The van der Waals surface area contributed by atoms with Crippen molar-refractivity contribution in [3.05, 3.63) is 15.9 Å². The fourth-order valence-corrected chi connectivity index (χ4v) is 1.77. The first-order chi connectivity index (χ1) is 6.88. The standard InChI is InChI=1S/C10H16N4O/c1-10(2,3)6-4-5-7(12-6)13-9(11)14-8(5)15/h6H,4H2,1-3H3,(H4,11,12,13,14,15)/t6-/m0/s1. The first-order valence-corrected chi connectivity index (χ1v) is 5.03. The molecule has 2 rings (SSSR count). The minimum absolute atomic E-state index is 0.0991. The Balaban J connectivity index is 2.40. The lowest BCUT2D eigenvalue weighted by Gasteiger charge is -2.26. The van der Waals surface area contributed by atoms with Crippen molar-refractivity contribution in [2.75, 3.05) is 11.1 Å². The summed E-state index contributed by atoms with van der Waals surface area (Å²) in [6.07, 6.45) is 0.710. The number of H-pyrrole nitrogens is 1. The summed E-state index contributed by atoms with van der Waals surface area (Å²) in [7, 11) is 0. The lowest BCUT2D eigenvalue weighted by Crippen LogP contribution is -2.32. The average Bonchev–Trinajstić information content (AvgIpc) is 2.46. The van der Waals surface area contributed by atoms with Gasteiger partial charge in [0.1, 0.15) is 5.82 Å². The molecule has 0 amide bonds. The summed E-state index contributed by atoms with van der Waals surface area (Å²) >= 11 is 0. The Kier molecular flexibility index (Phi) is 1.99. The Labute approximate surface area is 88.1 Å². The summed E-state index contributed by atoms with van der Waals surface area (Å²) in [6, 6.07) is 0.239.